The van der Waals surface area contributed by atoms with E-state index in [1.807, 2.05) is 0 Å². The van der Waals surface area contributed by atoms with Gasteiger partial charge in [-0.25, -0.2) is 8.78 Å². The number of amides is 2. The summed E-state index contributed by atoms with van der Waals surface area (Å²) in [6.07, 6.45) is -0.0491. The summed E-state index contributed by atoms with van der Waals surface area (Å²) in [4.78, 5) is 25.7. The monoisotopic (exact) mass is 341 g/mol. The van der Waals surface area contributed by atoms with Crippen LogP contribution in [-0.4, -0.2) is 56.1 Å². The van der Waals surface area contributed by atoms with E-state index in [9.17, 15) is 18.4 Å². The maximum absolute atomic E-state index is 13.9. The van der Waals surface area contributed by atoms with Crippen LogP contribution >= 0.6 is 0 Å². The highest BCUT2D eigenvalue weighted by Crippen LogP contribution is 2.17. The van der Waals surface area contributed by atoms with Crippen molar-refractivity contribution in [2.75, 3.05) is 33.4 Å². The van der Waals surface area contributed by atoms with Crippen LogP contribution in [0.25, 0.3) is 0 Å². The third-order valence-electron chi connectivity index (χ3n) is 3.85. The van der Waals surface area contributed by atoms with Crippen LogP contribution in [0.2, 0.25) is 0 Å². The van der Waals surface area contributed by atoms with E-state index in [0.717, 1.165) is 6.07 Å². The van der Waals surface area contributed by atoms with Crippen LogP contribution in [-0.2, 0) is 20.9 Å². The van der Waals surface area contributed by atoms with Crippen LogP contribution in [0, 0.1) is 11.6 Å². The quantitative estimate of drug-likeness (QED) is 0.705. The molecule has 0 bridgehead atoms. The van der Waals surface area contributed by atoms with Gasteiger partial charge in [0.25, 0.3) is 0 Å². The Morgan fingerprint density at radius 3 is 3.00 bits per heavy atom. The molecule has 8 heteroatoms. The molecule has 0 aliphatic carbocycles. The van der Waals surface area contributed by atoms with Crippen LogP contribution in [0.3, 0.4) is 0 Å². The first-order valence-corrected chi connectivity index (χ1v) is 7.73. The van der Waals surface area contributed by atoms with Crippen molar-refractivity contribution in [1.82, 2.24) is 15.5 Å². The van der Waals surface area contributed by atoms with Crippen LogP contribution in [0.5, 0.6) is 0 Å². The van der Waals surface area contributed by atoms with Gasteiger partial charge in [0, 0.05) is 38.9 Å². The highest BCUT2D eigenvalue weighted by atomic mass is 19.2. The second kappa shape index (κ2) is 8.70. The number of piperazine rings is 1. The number of nitrogens with one attached hydrogen (secondary N) is 2. The van der Waals surface area contributed by atoms with Gasteiger partial charge in [-0.05, 0) is 6.07 Å². The molecule has 2 rings (SSSR count). The first-order valence-electron chi connectivity index (χ1n) is 7.73. The van der Waals surface area contributed by atoms with Gasteiger partial charge >= 0.3 is 0 Å². The molecular weight excluding hydrogens is 320 g/mol. The van der Waals surface area contributed by atoms with Crippen molar-refractivity contribution in [3.63, 3.8) is 0 Å². The van der Waals surface area contributed by atoms with Gasteiger partial charge in [0.05, 0.1) is 19.1 Å². The van der Waals surface area contributed by atoms with E-state index in [1.165, 1.54) is 19.2 Å². The molecule has 2 N–H and O–H groups in total. The molecule has 1 aliphatic rings. The first kappa shape index (κ1) is 18.3. The molecule has 132 valence electrons. The van der Waals surface area contributed by atoms with E-state index >= 15 is 0 Å². The normalized spacial score (nSPS) is 18.3. The summed E-state index contributed by atoms with van der Waals surface area (Å²) in [6.45, 7) is 1.64. The van der Waals surface area contributed by atoms with Crippen molar-refractivity contribution in [2.45, 2.75) is 19.0 Å². The van der Waals surface area contributed by atoms with Crippen LogP contribution in [0.1, 0.15) is 12.0 Å². The number of hydrogen-bond donors (Lipinski definition) is 2. The number of methoxy groups -OCH3 is 1. The zero-order chi connectivity index (χ0) is 17.5. The Labute approximate surface area is 139 Å². The van der Waals surface area contributed by atoms with Gasteiger partial charge in [0.15, 0.2) is 11.6 Å². The third-order valence-corrected chi connectivity index (χ3v) is 3.85. The van der Waals surface area contributed by atoms with Gasteiger partial charge in [-0.2, -0.15) is 0 Å². The summed E-state index contributed by atoms with van der Waals surface area (Å²) in [7, 11) is 1.52. The fraction of sp³-hybridized carbons (Fsp3) is 0.500. The lowest BCUT2D eigenvalue weighted by Gasteiger charge is -2.34. The van der Waals surface area contributed by atoms with Crippen LogP contribution < -0.4 is 10.6 Å². The average Bonchev–Trinajstić information content (AvgIpc) is 2.55. The highest BCUT2D eigenvalue weighted by Gasteiger charge is 2.32. The molecule has 0 radical (unpaired) electrons. The fourth-order valence-corrected chi connectivity index (χ4v) is 2.60. The second-order valence-electron chi connectivity index (χ2n) is 5.54. The lowest BCUT2D eigenvalue weighted by Crippen LogP contribution is -2.56. The van der Waals surface area contributed by atoms with Gasteiger partial charge in [-0.3, -0.25) is 14.5 Å². The maximum Gasteiger partial charge on any atom is 0.237 e. The largest absolute Gasteiger partial charge is 0.383 e. The molecule has 24 heavy (non-hydrogen) atoms. The second-order valence-corrected chi connectivity index (χ2v) is 5.54. The molecule has 0 saturated carbocycles. The van der Waals surface area contributed by atoms with Crippen molar-refractivity contribution in [1.29, 1.82) is 0 Å². The lowest BCUT2D eigenvalue weighted by atomic mass is 10.1. The number of benzene rings is 1. The molecule has 2 amide bonds. The van der Waals surface area contributed by atoms with Crippen molar-refractivity contribution in [3.05, 3.63) is 35.4 Å². The summed E-state index contributed by atoms with van der Waals surface area (Å²) < 4.78 is 32.0. The third kappa shape index (κ3) is 4.72. The average molecular weight is 341 g/mol. The van der Waals surface area contributed by atoms with Crippen molar-refractivity contribution >= 4 is 11.8 Å². The Balaban J connectivity index is 2.04. The molecule has 0 aromatic heterocycles. The Morgan fingerprint density at radius 2 is 2.25 bits per heavy atom. The lowest BCUT2D eigenvalue weighted by molar-refractivity contribution is -0.134. The summed E-state index contributed by atoms with van der Waals surface area (Å²) >= 11 is 0. The SMILES string of the molecule is COCCNC(=O)CC1C(=O)NCCN1Cc1cccc(F)c1F. The summed E-state index contributed by atoms with van der Waals surface area (Å²) in [5.41, 5.74) is 0.162. The van der Waals surface area contributed by atoms with E-state index in [2.05, 4.69) is 10.6 Å². The van der Waals surface area contributed by atoms with Crippen molar-refractivity contribution < 1.29 is 23.1 Å². The van der Waals surface area contributed by atoms with Gasteiger partial charge in [0.2, 0.25) is 11.8 Å². The zero-order valence-electron chi connectivity index (χ0n) is 13.5. The highest BCUT2D eigenvalue weighted by molar-refractivity contribution is 5.88. The summed E-state index contributed by atoms with van der Waals surface area (Å²) in [5.74, 6) is -2.44. The van der Waals surface area contributed by atoms with Crippen LogP contribution in [0.15, 0.2) is 18.2 Å². The first-order chi connectivity index (χ1) is 11.5. The van der Waals surface area contributed by atoms with E-state index < -0.39 is 17.7 Å². The molecule has 1 atom stereocenters. The number of rotatable bonds is 7. The van der Waals surface area contributed by atoms with E-state index in [4.69, 9.17) is 4.74 Å². The minimum atomic E-state index is -0.928. The molecule has 1 heterocycles. The molecule has 1 aromatic rings. The van der Waals surface area contributed by atoms with Gasteiger partial charge in [-0.15, -0.1) is 0 Å². The Kier molecular flexibility index (Phi) is 6.62. The van der Waals surface area contributed by atoms with Crippen molar-refractivity contribution in [3.8, 4) is 0 Å². The van der Waals surface area contributed by atoms with Gasteiger partial charge in [-0.1, -0.05) is 12.1 Å². The zero-order valence-corrected chi connectivity index (χ0v) is 13.5. The number of carbonyl (C=O) groups excluding carboxylic acids is 2. The predicted octanol–water partition coefficient (Wildman–Crippen LogP) is 0.418. The Hall–Kier alpha value is -2.06. The standard InChI is InChI=1S/C16H21F2N3O3/c1-24-8-6-19-14(22)9-13-16(23)20-5-7-21(13)10-11-3-2-4-12(17)15(11)18/h2-4,13H,5-10H2,1H3,(H,19,22)(H,20,23). The molecular formula is C16H21F2N3O3. The molecule has 1 unspecified atom stereocenters. The molecule has 1 saturated heterocycles. The van der Waals surface area contributed by atoms with Gasteiger partial charge < -0.3 is 15.4 Å². The van der Waals surface area contributed by atoms with Crippen molar-refractivity contribution in [2.24, 2.45) is 0 Å². The molecule has 1 aromatic carbocycles. The number of nitrogens with zero attached hydrogens (tertiary/aromatic N) is 1. The minimum absolute atomic E-state index is 0.0491. The van der Waals surface area contributed by atoms with Crippen LogP contribution in [0.4, 0.5) is 8.78 Å². The number of halogens is 2. The van der Waals surface area contributed by atoms with E-state index in [0.29, 0.717) is 26.2 Å². The molecule has 6 nitrogen and oxygen atoms in total. The van der Waals surface area contributed by atoms with Gasteiger partial charge in [0.1, 0.15) is 0 Å². The molecule has 1 aliphatic heterocycles. The predicted molar refractivity (Wildman–Crippen MR) is 83.1 cm³/mol. The number of hydrogen-bond acceptors (Lipinski definition) is 4. The molecule has 0 spiro atoms. The Morgan fingerprint density at radius 1 is 1.46 bits per heavy atom. The smallest absolute Gasteiger partial charge is 0.237 e. The topological polar surface area (TPSA) is 70.7 Å². The summed E-state index contributed by atoms with van der Waals surface area (Å²) in [6, 6.07) is 3.22. The number of ether oxygens (including phenoxy) is 1. The van der Waals surface area contributed by atoms with E-state index in [1.54, 1.807) is 4.90 Å². The number of carbonyl (C=O) groups is 2. The fourth-order valence-electron chi connectivity index (χ4n) is 2.60. The van der Waals surface area contributed by atoms with E-state index in [-0.39, 0.29) is 30.3 Å². The molecule has 1 fully saturated rings. The Bertz CT molecular complexity index is 598. The summed E-state index contributed by atoms with van der Waals surface area (Å²) in [5, 5.41) is 5.35. The minimum Gasteiger partial charge on any atom is -0.383 e. The maximum atomic E-state index is 13.9.